The van der Waals surface area contributed by atoms with E-state index in [1.54, 1.807) is 44.4 Å². The predicted molar refractivity (Wildman–Crippen MR) is 250 cm³/mol. The maximum Gasteiger partial charge on any atom is 0.260 e. The van der Waals surface area contributed by atoms with Crippen LogP contribution in [0.2, 0.25) is 0 Å². The molecule has 0 radical (unpaired) electrons. The zero-order chi connectivity index (χ0) is 44.8. The number of anilines is 4. The second-order valence-corrected chi connectivity index (χ2v) is 15.5. The van der Waals surface area contributed by atoms with Gasteiger partial charge in [0.15, 0.2) is 29.3 Å². The molecule has 0 saturated carbocycles. The summed E-state index contributed by atoms with van der Waals surface area (Å²) < 4.78 is 40.6. The fraction of sp³-hybridized carbons (Fsp3) is 0.340. The number of nitrogens with one attached hydrogen (secondary N) is 2. The van der Waals surface area contributed by atoms with Gasteiger partial charge in [-0.15, -0.1) is 0 Å². The average Bonchev–Trinajstić information content (AvgIpc) is 3.91. The Balaban J connectivity index is 1.07. The number of rotatable bonds is 24. The van der Waals surface area contributed by atoms with Crippen molar-refractivity contribution < 1.29 is 42.7 Å². The first kappa shape index (κ1) is 45.4. The van der Waals surface area contributed by atoms with E-state index in [2.05, 4.69) is 58.6 Å². The number of fused-ring (bicyclic) bond motifs is 2. The van der Waals surface area contributed by atoms with E-state index in [0.717, 1.165) is 47.2 Å². The molecule has 14 nitrogen and oxygen atoms in total. The van der Waals surface area contributed by atoms with Crippen molar-refractivity contribution in [2.24, 2.45) is 4.99 Å². The molecule has 14 heteroatoms. The standard InChI is InChI=1S/C50H57N5O9/c1-51-43-29-49(47(60-5)27-41(43)50(57)55-16-14-36-10-6-9-13-45(36)55)64-33-35-22-34(23-39(24-35)52-15-17-61-20-21-62-19-18-58-3)32-63-48-28-42(38(31-56)26-46(48)59-4)53-30-40-25-37-11-7-8-12-44(37)54(40)2/h6-13,22-24,26-29,31,40,52-53H,1,14-21,25,30,32-33H2,2-5H3. The molecule has 1 unspecified atom stereocenters. The third kappa shape index (κ3) is 10.9. The molecule has 5 aromatic carbocycles. The fourth-order valence-corrected chi connectivity index (χ4v) is 8.05. The third-order valence-electron chi connectivity index (χ3n) is 11.4. The first-order valence-corrected chi connectivity index (χ1v) is 21.4. The minimum Gasteiger partial charge on any atom is -0.493 e. The summed E-state index contributed by atoms with van der Waals surface area (Å²) in [5, 5.41) is 6.97. The molecule has 2 aliphatic heterocycles. The molecule has 0 fully saturated rings. The monoisotopic (exact) mass is 871 g/mol. The minimum atomic E-state index is -0.184. The van der Waals surface area contributed by atoms with Crippen molar-refractivity contribution in [3.63, 3.8) is 0 Å². The lowest BCUT2D eigenvalue weighted by molar-refractivity contribution is 0.0272. The highest BCUT2D eigenvalue weighted by molar-refractivity contribution is 6.10. The number of aliphatic imine (C=N–C) groups is 1. The van der Waals surface area contributed by atoms with Crippen molar-refractivity contribution in [3.05, 3.63) is 124 Å². The number of methoxy groups -OCH3 is 3. The number of hydrogen-bond acceptors (Lipinski definition) is 13. The summed E-state index contributed by atoms with van der Waals surface area (Å²) in [5.41, 5.74) is 8.95. The van der Waals surface area contributed by atoms with Gasteiger partial charge in [0.2, 0.25) is 0 Å². The largest absolute Gasteiger partial charge is 0.493 e. The lowest BCUT2D eigenvalue weighted by atomic mass is 10.1. The van der Waals surface area contributed by atoms with Crippen LogP contribution in [0.1, 0.15) is 43.0 Å². The smallest absolute Gasteiger partial charge is 0.260 e. The molecular formula is C50H57N5O9. The van der Waals surface area contributed by atoms with Crippen molar-refractivity contribution in [2.45, 2.75) is 32.1 Å². The first-order chi connectivity index (χ1) is 31.3. The lowest BCUT2D eigenvalue weighted by Crippen LogP contribution is -2.34. The van der Waals surface area contributed by atoms with Crippen molar-refractivity contribution in [2.75, 3.05) is 101 Å². The van der Waals surface area contributed by atoms with Crippen LogP contribution in [0.5, 0.6) is 23.0 Å². The summed E-state index contributed by atoms with van der Waals surface area (Å²) in [6.45, 7) is 8.29. The molecule has 2 aliphatic rings. The molecule has 1 atom stereocenters. The maximum absolute atomic E-state index is 13.9. The Morgan fingerprint density at radius 3 is 2.11 bits per heavy atom. The van der Waals surface area contributed by atoms with E-state index in [1.165, 1.54) is 11.3 Å². The Bertz CT molecular complexity index is 2410. The van der Waals surface area contributed by atoms with Crippen LogP contribution >= 0.6 is 0 Å². The van der Waals surface area contributed by atoms with Crippen molar-refractivity contribution in [1.82, 2.24) is 0 Å². The maximum atomic E-state index is 13.9. The Kier molecular flexibility index (Phi) is 15.7. The highest BCUT2D eigenvalue weighted by atomic mass is 16.5. The van der Waals surface area contributed by atoms with Crippen LogP contribution in [0.4, 0.5) is 28.4 Å². The molecule has 0 aromatic heterocycles. The van der Waals surface area contributed by atoms with Gasteiger partial charge in [-0.25, -0.2) is 0 Å². The molecule has 2 heterocycles. The van der Waals surface area contributed by atoms with Gasteiger partial charge in [0.05, 0.1) is 64.5 Å². The SMILES string of the molecule is C=Nc1cc(OCc2cc(COc3cc(NCC4Cc5ccccc5N4C)c(C=O)cc3OC)cc(NCCOCCOCCOC)c2)c(OC)cc1C(=O)N1CCc2ccccc21. The molecule has 0 bridgehead atoms. The number of aldehydes is 1. The van der Waals surface area contributed by atoms with Crippen molar-refractivity contribution >= 4 is 47.3 Å². The van der Waals surface area contributed by atoms with Gasteiger partial charge in [-0.2, -0.15) is 0 Å². The number of amides is 1. The molecule has 0 aliphatic carbocycles. The lowest BCUT2D eigenvalue weighted by Gasteiger charge is -2.24. The van der Waals surface area contributed by atoms with Crippen LogP contribution in [0.3, 0.4) is 0 Å². The van der Waals surface area contributed by atoms with Gasteiger partial charge < -0.3 is 53.6 Å². The van der Waals surface area contributed by atoms with Gasteiger partial charge >= 0.3 is 0 Å². The van der Waals surface area contributed by atoms with Crippen LogP contribution in [0.15, 0.2) is 96.0 Å². The Morgan fingerprint density at radius 1 is 0.766 bits per heavy atom. The Labute approximate surface area is 375 Å². The Hall–Kier alpha value is -6.61. The van der Waals surface area contributed by atoms with Crippen LogP contribution in [0, 0.1) is 0 Å². The predicted octanol–water partition coefficient (Wildman–Crippen LogP) is 7.77. The molecule has 5 aromatic rings. The number of benzene rings is 5. The van der Waals surface area contributed by atoms with Gasteiger partial charge in [0.25, 0.3) is 5.91 Å². The summed E-state index contributed by atoms with van der Waals surface area (Å²) in [6, 6.07) is 29.4. The topological polar surface area (TPSA) is 142 Å². The van der Waals surface area contributed by atoms with Gasteiger partial charge in [0, 0.05) is 74.2 Å². The van der Waals surface area contributed by atoms with Crippen molar-refractivity contribution in [3.8, 4) is 23.0 Å². The quantitative estimate of drug-likeness (QED) is 0.0356. The van der Waals surface area contributed by atoms with E-state index in [-0.39, 0.29) is 25.2 Å². The van der Waals surface area contributed by atoms with Crippen LogP contribution < -0.4 is 39.4 Å². The normalized spacial score (nSPS) is 13.8. The first-order valence-electron chi connectivity index (χ1n) is 21.4. The fourth-order valence-electron chi connectivity index (χ4n) is 8.05. The number of likely N-dealkylation sites (N-methyl/N-ethyl adjacent to an activating group) is 1. The number of hydrogen-bond donors (Lipinski definition) is 2. The van der Waals surface area contributed by atoms with Crippen molar-refractivity contribution in [1.29, 1.82) is 0 Å². The molecule has 1 amide bonds. The van der Waals surface area contributed by atoms with E-state index in [4.69, 9.17) is 33.2 Å². The van der Waals surface area contributed by atoms with Gasteiger partial charge in [-0.3, -0.25) is 14.6 Å². The molecule has 336 valence electrons. The summed E-state index contributed by atoms with van der Waals surface area (Å²) in [7, 11) is 6.83. The van der Waals surface area contributed by atoms with E-state index < -0.39 is 0 Å². The van der Waals surface area contributed by atoms with Crippen LogP contribution in [-0.4, -0.2) is 106 Å². The van der Waals surface area contributed by atoms with E-state index in [9.17, 15) is 9.59 Å². The Morgan fingerprint density at radius 2 is 1.42 bits per heavy atom. The number of carbonyl (C=O) groups is 2. The summed E-state index contributed by atoms with van der Waals surface area (Å²) in [6.07, 6.45) is 2.50. The minimum absolute atomic E-state index is 0.155. The molecule has 64 heavy (non-hydrogen) atoms. The average molecular weight is 872 g/mol. The summed E-state index contributed by atoms with van der Waals surface area (Å²) >= 11 is 0. The highest BCUT2D eigenvalue weighted by Crippen LogP contribution is 2.39. The van der Waals surface area contributed by atoms with Crippen LogP contribution in [-0.2, 0) is 40.3 Å². The zero-order valence-electron chi connectivity index (χ0n) is 37.0. The summed E-state index contributed by atoms with van der Waals surface area (Å²) in [5.74, 6) is 1.54. The highest BCUT2D eigenvalue weighted by Gasteiger charge is 2.29. The van der Waals surface area contributed by atoms with Gasteiger partial charge in [-0.1, -0.05) is 36.4 Å². The zero-order valence-corrected chi connectivity index (χ0v) is 37.0. The van der Waals surface area contributed by atoms with E-state index >= 15 is 0 Å². The summed E-state index contributed by atoms with van der Waals surface area (Å²) in [4.78, 5) is 34.4. The number of ether oxygens (including phenoxy) is 7. The number of para-hydroxylation sites is 2. The molecule has 0 saturated heterocycles. The van der Waals surface area contributed by atoms with Gasteiger partial charge in [0.1, 0.15) is 13.2 Å². The van der Waals surface area contributed by atoms with Crippen LogP contribution in [0.25, 0.3) is 0 Å². The van der Waals surface area contributed by atoms with Gasteiger partial charge in [-0.05, 0) is 84.3 Å². The van der Waals surface area contributed by atoms with E-state index in [1.807, 2.05) is 48.5 Å². The second-order valence-electron chi connectivity index (χ2n) is 15.5. The number of carbonyl (C=O) groups excluding carboxylic acids is 2. The number of nitrogens with zero attached hydrogens (tertiary/aromatic N) is 3. The second kappa shape index (κ2) is 22.1. The molecule has 2 N–H and O–H groups in total. The van der Waals surface area contributed by atoms with E-state index in [0.29, 0.717) is 98.2 Å². The third-order valence-corrected chi connectivity index (χ3v) is 11.4. The molecule has 7 rings (SSSR count). The molecular weight excluding hydrogens is 815 g/mol. The molecule has 0 spiro atoms.